The molecule has 0 aliphatic heterocycles. The molecule has 0 fully saturated rings. The number of thiophene rings is 2. The van der Waals surface area contributed by atoms with Gasteiger partial charge in [-0.1, -0.05) is 68.3 Å². The maximum absolute atomic E-state index is 13.6. The number of esters is 2. The summed E-state index contributed by atoms with van der Waals surface area (Å²) in [5.74, 6) is -2.42. The molecule has 12 heteroatoms. The minimum atomic E-state index is -0.611. The maximum atomic E-state index is 13.6. The zero-order valence-electron chi connectivity index (χ0n) is 23.1. The van der Waals surface area contributed by atoms with Crippen LogP contribution in [0.2, 0.25) is 0 Å². The number of ether oxygens (including phenoxy) is 2. The minimum Gasteiger partial charge on any atom is -0.465 e. The summed E-state index contributed by atoms with van der Waals surface area (Å²) in [7, 11) is 2.54. The second-order valence-electron chi connectivity index (χ2n) is 9.16. The Bertz CT molecular complexity index is 1740. The van der Waals surface area contributed by atoms with E-state index in [9.17, 15) is 19.2 Å². The number of amides is 2. The summed E-state index contributed by atoms with van der Waals surface area (Å²) in [5.41, 5.74) is 3.30. The number of hydrogen-bond donors (Lipinski definition) is 2. The smallest absolute Gasteiger partial charge is 0.341 e. The van der Waals surface area contributed by atoms with Gasteiger partial charge < -0.3 is 20.1 Å². The van der Waals surface area contributed by atoms with E-state index in [2.05, 4.69) is 42.5 Å². The van der Waals surface area contributed by atoms with E-state index < -0.39 is 23.8 Å². The van der Waals surface area contributed by atoms with Crippen LogP contribution in [-0.4, -0.2) is 38.0 Å². The van der Waals surface area contributed by atoms with Crippen molar-refractivity contribution in [1.82, 2.24) is 0 Å². The van der Waals surface area contributed by atoms with Gasteiger partial charge in [-0.05, 0) is 47.5 Å². The van der Waals surface area contributed by atoms with Crippen LogP contribution >= 0.6 is 54.5 Å². The molecule has 0 saturated heterocycles. The fourth-order valence-corrected chi connectivity index (χ4v) is 6.85. The molecule has 8 nitrogen and oxygen atoms in total. The zero-order valence-corrected chi connectivity index (χ0v) is 27.9. The first kappa shape index (κ1) is 31.3. The van der Waals surface area contributed by atoms with Gasteiger partial charge in [0.1, 0.15) is 21.1 Å². The molecular weight excluding hydrogens is 732 g/mol. The first-order valence-corrected chi connectivity index (χ1v) is 16.2. The van der Waals surface area contributed by atoms with Crippen LogP contribution in [0.5, 0.6) is 0 Å². The van der Waals surface area contributed by atoms with Crippen molar-refractivity contribution >= 4 is 88.3 Å². The number of methoxy groups -OCH3 is 2. The van der Waals surface area contributed by atoms with Crippen LogP contribution in [-0.2, 0) is 9.47 Å². The Morgan fingerprint density at radius 1 is 0.591 bits per heavy atom. The molecule has 5 aromatic rings. The molecule has 2 heterocycles. The fraction of sp³-hybridized carbons (Fsp3) is 0.0625. The lowest BCUT2D eigenvalue weighted by Crippen LogP contribution is -2.21. The first-order valence-electron chi connectivity index (χ1n) is 12.8. The van der Waals surface area contributed by atoms with Gasteiger partial charge in [-0.2, -0.15) is 0 Å². The Hall–Kier alpha value is -4.10. The van der Waals surface area contributed by atoms with Crippen molar-refractivity contribution in [1.29, 1.82) is 0 Å². The highest BCUT2D eigenvalue weighted by Gasteiger charge is 2.26. The minimum absolute atomic E-state index is 0.0729. The summed E-state index contributed by atoms with van der Waals surface area (Å²) in [4.78, 5) is 52.7. The molecule has 3 aromatic carbocycles. The highest BCUT2D eigenvalue weighted by molar-refractivity contribution is 9.10. The van der Waals surface area contributed by atoms with E-state index in [1.54, 1.807) is 22.9 Å². The lowest BCUT2D eigenvalue weighted by Gasteiger charge is -2.12. The Labute approximate surface area is 277 Å². The second kappa shape index (κ2) is 13.7. The van der Waals surface area contributed by atoms with Gasteiger partial charge in [0.05, 0.1) is 25.3 Å². The third-order valence-corrected chi connectivity index (χ3v) is 9.39. The largest absolute Gasteiger partial charge is 0.465 e. The summed E-state index contributed by atoms with van der Waals surface area (Å²) in [6, 6.07) is 21.1. The molecule has 5 rings (SSSR count). The average Bonchev–Trinajstić information content (AvgIpc) is 3.65. The molecule has 0 atom stereocenters. The number of benzene rings is 3. The van der Waals surface area contributed by atoms with E-state index in [0.717, 1.165) is 20.1 Å². The van der Waals surface area contributed by atoms with Gasteiger partial charge in [0, 0.05) is 30.8 Å². The van der Waals surface area contributed by atoms with Gasteiger partial charge in [-0.3, -0.25) is 9.59 Å². The Morgan fingerprint density at radius 2 is 0.955 bits per heavy atom. The molecule has 2 amide bonds. The zero-order chi connectivity index (χ0) is 31.4. The molecule has 0 spiro atoms. The third-order valence-electron chi connectivity index (χ3n) is 6.54. The van der Waals surface area contributed by atoms with E-state index in [1.807, 2.05) is 48.5 Å². The summed E-state index contributed by atoms with van der Waals surface area (Å²) in [6.45, 7) is 0. The van der Waals surface area contributed by atoms with Crippen LogP contribution in [0.15, 0.2) is 92.5 Å². The van der Waals surface area contributed by atoms with E-state index in [1.165, 1.54) is 49.0 Å². The van der Waals surface area contributed by atoms with E-state index in [-0.39, 0.29) is 32.3 Å². The number of carbonyl (C=O) groups is 4. The fourth-order valence-electron chi connectivity index (χ4n) is 4.41. The predicted octanol–water partition coefficient (Wildman–Crippen LogP) is 8.75. The van der Waals surface area contributed by atoms with E-state index in [0.29, 0.717) is 11.1 Å². The van der Waals surface area contributed by atoms with Gasteiger partial charge >= 0.3 is 11.9 Å². The summed E-state index contributed by atoms with van der Waals surface area (Å²) in [6.07, 6.45) is 0. The molecule has 0 aliphatic rings. The predicted molar refractivity (Wildman–Crippen MR) is 180 cm³/mol. The number of hydrogen-bond acceptors (Lipinski definition) is 8. The van der Waals surface area contributed by atoms with Crippen molar-refractivity contribution in [2.75, 3.05) is 24.9 Å². The van der Waals surface area contributed by atoms with Gasteiger partial charge in [-0.25, -0.2) is 9.59 Å². The van der Waals surface area contributed by atoms with Gasteiger partial charge in [-0.15, -0.1) is 22.7 Å². The second-order valence-corrected chi connectivity index (χ2v) is 12.7. The van der Waals surface area contributed by atoms with Crippen molar-refractivity contribution in [3.8, 4) is 22.3 Å². The van der Waals surface area contributed by atoms with Crippen molar-refractivity contribution < 1.29 is 28.7 Å². The summed E-state index contributed by atoms with van der Waals surface area (Å²) >= 11 is 9.16. The lowest BCUT2D eigenvalue weighted by molar-refractivity contribution is 0.0594. The summed E-state index contributed by atoms with van der Waals surface area (Å²) < 4.78 is 11.8. The van der Waals surface area contributed by atoms with Crippen molar-refractivity contribution in [3.63, 3.8) is 0 Å². The first-order chi connectivity index (χ1) is 21.2. The molecule has 222 valence electrons. The highest BCUT2D eigenvalue weighted by atomic mass is 79.9. The molecule has 0 saturated carbocycles. The van der Waals surface area contributed by atoms with Gasteiger partial charge in [0.25, 0.3) is 11.8 Å². The third kappa shape index (κ3) is 6.53. The Kier molecular flexibility index (Phi) is 9.74. The molecule has 0 bridgehead atoms. The molecule has 0 radical (unpaired) electrons. The number of halogens is 2. The molecule has 44 heavy (non-hydrogen) atoms. The van der Waals surface area contributed by atoms with Crippen LogP contribution in [0.4, 0.5) is 10.0 Å². The maximum Gasteiger partial charge on any atom is 0.341 e. The summed E-state index contributed by atoms with van der Waals surface area (Å²) in [5, 5.41) is 9.65. The normalized spacial score (nSPS) is 10.6. The van der Waals surface area contributed by atoms with Crippen LogP contribution < -0.4 is 10.6 Å². The van der Waals surface area contributed by atoms with Gasteiger partial charge in [0.15, 0.2) is 0 Å². The van der Waals surface area contributed by atoms with Crippen molar-refractivity contribution in [3.05, 3.63) is 115 Å². The van der Waals surface area contributed by atoms with E-state index >= 15 is 0 Å². The number of carbonyl (C=O) groups excluding carboxylic acids is 4. The van der Waals surface area contributed by atoms with Crippen molar-refractivity contribution in [2.24, 2.45) is 0 Å². The molecule has 0 aliphatic carbocycles. The standard InChI is InChI=1S/C32H22Br2N2O6S2/c1-41-31(39)25-23(17-7-11-19(33)12-8-17)15-43-29(25)35-27(37)21-5-3-4-6-22(21)28(38)36-30-26(32(40)42-2)24(16-44-30)18-9-13-20(34)14-10-18/h3-16H,1-2H3,(H,35,37)(H,36,38). The number of anilines is 2. The van der Waals surface area contributed by atoms with Crippen LogP contribution in [0.3, 0.4) is 0 Å². The molecule has 2 aromatic heterocycles. The number of nitrogens with one attached hydrogen (secondary N) is 2. The van der Waals surface area contributed by atoms with Crippen LogP contribution in [0, 0.1) is 0 Å². The van der Waals surface area contributed by atoms with Crippen molar-refractivity contribution in [2.45, 2.75) is 0 Å². The Morgan fingerprint density at radius 3 is 1.30 bits per heavy atom. The van der Waals surface area contributed by atoms with Crippen LogP contribution in [0.25, 0.3) is 22.3 Å². The number of rotatable bonds is 8. The molecule has 0 unspecified atom stereocenters. The molecule has 2 N–H and O–H groups in total. The average molecular weight is 754 g/mol. The Balaban J connectivity index is 1.45. The SMILES string of the molecule is COC(=O)c1c(-c2ccc(Br)cc2)csc1NC(=O)c1ccccc1C(=O)Nc1scc(-c2ccc(Br)cc2)c1C(=O)OC. The molecular formula is C32H22Br2N2O6S2. The van der Waals surface area contributed by atoms with E-state index in [4.69, 9.17) is 9.47 Å². The monoisotopic (exact) mass is 752 g/mol. The van der Waals surface area contributed by atoms with Crippen LogP contribution in [0.1, 0.15) is 41.4 Å². The quantitative estimate of drug-likeness (QED) is 0.153. The van der Waals surface area contributed by atoms with Gasteiger partial charge in [0.2, 0.25) is 0 Å². The topological polar surface area (TPSA) is 111 Å². The highest BCUT2D eigenvalue weighted by Crippen LogP contribution is 2.38. The lowest BCUT2D eigenvalue weighted by atomic mass is 10.0.